The highest BCUT2D eigenvalue weighted by Gasteiger charge is 2.22. The molecule has 0 radical (unpaired) electrons. The van der Waals surface area contributed by atoms with Crippen molar-refractivity contribution >= 4 is 34.3 Å². The second-order valence-electron chi connectivity index (χ2n) is 8.39. The van der Waals surface area contributed by atoms with Crippen LogP contribution in [0, 0.1) is 6.92 Å². The first-order chi connectivity index (χ1) is 18.1. The van der Waals surface area contributed by atoms with Gasteiger partial charge in [-0.3, -0.25) is 9.59 Å². The van der Waals surface area contributed by atoms with Crippen molar-refractivity contribution in [3.8, 4) is 22.8 Å². The van der Waals surface area contributed by atoms with E-state index in [9.17, 15) is 9.59 Å². The van der Waals surface area contributed by atoms with Gasteiger partial charge in [0.15, 0.2) is 11.5 Å². The predicted octanol–water partition coefficient (Wildman–Crippen LogP) is 5.43. The van der Waals surface area contributed by atoms with Crippen molar-refractivity contribution in [2.45, 2.75) is 6.92 Å². The standard InChI is InChI=1S/C28H20N4O5/c1-16-25-20(14-22(31-28(25)37-32-16)17-7-3-2-4-8-17)27(34)30-21-10-6-5-9-19(21)26(33)29-18-11-12-23-24(13-18)36-15-35-23/h2-14H,15H2,1H3,(H,29,33)(H,30,34). The molecule has 3 heterocycles. The molecule has 9 heteroatoms. The molecule has 2 N–H and O–H groups in total. The Morgan fingerprint density at radius 2 is 1.57 bits per heavy atom. The number of carbonyl (C=O) groups is 2. The van der Waals surface area contributed by atoms with Crippen LogP contribution in [-0.2, 0) is 0 Å². The number of ether oxygens (including phenoxy) is 2. The second kappa shape index (κ2) is 9.12. The van der Waals surface area contributed by atoms with E-state index in [0.29, 0.717) is 50.8 Å². The van der Waals surface area contributed by atoms with E-state index >= 15 is 0 Å². The van der Waals surface area contributed by atoms with Crippen LogP contribution in [0.3, 0.4) is 0 Å². The van der Waals surface area contributed by atoms with Crippen molar-refractivity contribution in [3.05, 3.63) is 95.7 Å². The van der Waals surface area contributed by atoms with Gasteiger partial charge in [-0.2, -0.15) is 0 Å². The smallest absolute Gasteiger partial charge is 0.259 e. The molecule has 0 fully saturated rings. The highest BCUT2D eigenvalue weighted by molar-refractivity contribution is 6.16. The number of fused-ring (bicyclic) bond motifs is 2. The number of carbonyl (C=O) groups excluding carboxylic acids is 2. The maximum Gasteiger partial charge on any atom is 0.259 e. The molecule has 2 aromatic heterocycles. The summed E-state index contributed by atoms with van der Waals surface area (Å²) in [7, 11) is 0. The van der Waals surface area contributed by atoms with Gasteiger partial charge in [-0.25, -0.2) is 4.98 Å². The third kappa shape index (κ3) is 4.23. The van der Waals surface area contributed by atoms with Gasteiger partial charge in [0.2, 0.25) is 6.79 Å². The van der Waals surface area contributed by atoms with Crippen LogP contribution in [0.5, 0.6) is 11.5 Å². The summed E-state index contributed by atoms with van der Waals surface area (Å²) in [6.07, 6.45) is 0. The van der Waals surface area contributed by atoms with Crippen LogP contribution in [0.4, 0.5) is 11.4 Å². The Hall–Kier alpha value is -5.18. The molecule has 0 unspecified atom stereocenters. The van der Waals surface area contributed by atoms with E-state index < -0.39 is 5.91 Å². The van der Waals surface area contributed by atoms with E-state index in [0.717, 1.165) is 5.56 Å². The van der Waals surface area contributed by atoms with Crippen molar-refractivity contribution in [2.75, 3.05) is 17.4 Å². The Labute approximate surface area is 211 Å². The summed E-state index contributed by atoms with van der Waals surface area (Å²) < 4.78 is 16.1. The minimum absolute atomic E-state index is 0.140. The lowest BCUT2D eigenvalue weighted by Crippen LogP contribution is -2.18. The van der Waals surface area contributed by atoms with Gasteiger partial charge >= 0.3 is 0 Å². The first-order valence-electron chi connectivity index (χ1n) is 11.5. The molecule has 6 rings (SSSR count). The molecule has 0 aliphatic carbocycles. The average molecular weight is 492 g/mol. The molecule has 0 bridgehead atoms. The molecular formula is C28H20N4O5. The number of benzene rings is 3. The molecule has 2 amide bonds. The summed E-state index contributed by atoms with van der Waals surface area (Å²) in [5, 5.41) is 10.2. The number of pyridine rings is 1. The van der Waals surface area contributed by atoms with Crippen LogP contribution in [0.25, 0.3) is 22.4 Å². The lowest BCUT2D eigenvalue weighted by atomic mass is 10.0. The van der Waals surface area contributed by atoms with Gasteiger partial charge in [0.25, 0.3) is 17.5 Å². The third-order valence-electron chi connectivity index (χ3n) is 5.98. The predicted molar refractivity (Wildman–Crippen MR) is 137 cm³/mol. The van der Waals surface area contributed by atoms with Crippen LogP contribution in [0.1, 0.15) is 26.4 Å². The zero-order valence-electron chi connectivity index (χ0n) is 19.6. The van der Waals surface area contributed by atoms with E-state index in [1.165, 1.54) is 0 Å². The minimum Gasteiger partial charge on any atom is -0.454 e. The van der Waals surface area contributed by atoms with Crippen molar-refractivity contribution in [2.24, 2.45) is 0 Å². The van der Waals surface area contributed by atoms with Crippen LogP contribution in [0.2, 0.25) is 0 Å². The van der Waals surface area contributed by atoms with Crippen LogP contribution < -0.4 is 20.1 Å². The quantitative estimate of drug-likeness (QED) is 0.336. The molecule has 5 aromatic rings. The summed E-state index contributed by atoms with van der Waals surface area (Å²) in [5.74, 6) is 0.368. The Morgan fingerprint density at radius 3 is 2.43 bits per heavy atom. The van der Waals surface area contributed by atoms with E-state index in [2.05, 4.69) is 20.8 Å². The maximum atomic E-state index is 13.6. The molecule has 9 nitrogen and oxygen atoms in total. The molecule has 1 aliphatic heterocycles. The molecule has 0 spiro atoms. The van der Waals surface area contributed by atoms with Gasteiger partial charge in [0.1, 0.15) is 0 Å². The monoisotopic (exact) mass is 492 g/mol. The molecule has 0 saturated carbocycles. The number of para-hydroxylation sites is 1. The van der Waals surface area contributed by atoms with Gasteiger partial charge in [0.05, 0.1) is 33.6 Å². The fraction of sp³-hybridized carbons (Fsp3) is 0.0714. The topological polar surface area (TPSA) is 116 Å². The van der Waals surface area contributed by atoms with Crippen molar-refractivity contribution in [1.29, 1.82) is 0 Å². The normalized spacial score (nSPS) is 11.9. The number of aromatic nitrogens is 2. The van der Waals surface area contributed by atoms with E-state index in [1.54, 1.807) is 55.5 Å². The molecular weight excluding hydrogens is 472 g/mol. The fourth-order valence-electron chi connectivity index (χ4n) is 4.18. The number of nitrogens with zero attached hydrogens (tertiary/aromatic N) is 2. The van der Waals surface area contributed by atoms with E-state index in [1.807, 2.05) is 30.3 Å². The van der Waals surface area contributed by atoms with Crippen LogP contribution >= 0.6 is 0 Å². The number of rotatable bonds is 5. The average Bonchev–Trinajstić information content (AvgIpc) is 3.55. The maximum absolute atomic E-state index is 13.6. The molecule has 3 aromatic carbocycles. The lowest BCUT2D eigenvalue weighted by molar-refractivity contribution is 0.102. The summed E-state index contributed by atoms with van der Waals surface area (Å²) >= 11 is 0. The largest absolute Gasteiger partial charge is 0.454 e. The SMILES string of the molecule is Cc1noc2nc(-c3ccccc3)cc(C(=O)Nc3ccccc3C(=O)Nc3ccc4c(c3)OCO4)c12. The van der Waals surface area contributed by atoms with Gasteiger partial charge in [-0.05, 0) is 37.3 Å². The molecule has 0 saturated heterocycles. The second-order valence-corrected chi connectivity index (χ2v) is 8.39. The van der Waals surface area contributed by atoms with Crippen molar-refractivity contribution in [1.82, 2.24) is 10.1 Å². The summed E-state index contributed by atoms with van der Waals surface area (Å²) in [4.78, 5) is 31.2. The van der Waals surface area contributed by atoms with Crippen LogP contribution in [-0.4, -0.2) is 28.7 Å². The summed E-state index contributed by atoms with van der Waals surface area (Å²) in [6, 6.07) is 23.1. The number of anilines is 2. The first kappa shape index (κ1) is 22.3. The third-order valence-corrected chi connectivity index (χ3v) is 5.98. The van der Waals surface area contributed by atoms with Gasteiger partial charge in [-0.1, -0.05) is 47.6 Å². The number of amides is 2. The molecule has 1 aliphatic rings. The Bertz CT molecular complexity index is 1660. The highest BCUT2D eigenvalue weighted by Crippen LogP contribution is 2.34. The first-order valence-corrected chi connectivity index (χ1v) is 11.5. The lowest BCUT2D eigenvalue weighted by Gasteiger charge is -2.13. The Kier molecular flexibility index (Phi) is 5.49. The van der Waals surface area contributed by atoms with E-state index in [-0.39, 0.29) is 18.4 Å². The molecule has 0 atom stereocenters. The highest BCUT2D eigenvalue weighted by atomic mass is 16.7. The Morgan fingerprint density at radius 1 is 0.811 bits per heavy atom. The minimum atomic E-state index is -0.417. The zero-order valence-corrected chi connectivity index (χ0v) is 19.6. The summed E-state index contributed by atoms with van der Waals surface area (Å²) in [5.41, 5.74) is 3.74. The van der Waals surface area contributed by atoms with Crippen LogP contribution in [0.15, 0.2) is 83.4 Å². The van der Waals surface area contributed by atoms with Gasteiger partial charge < -0.3 is 24.6 Å². The number of nitrogens with one attached hydrogen (secondary N) is 2. The number of aryl methyl sites for hydroxylation is 1. The van der Waals surface area contributed by atoms with Gasteiger partial charge in [0, 0.05) is 17.3 Å². The van der Waals surface area contributed by atoms with Crippen molar-refractivity contribution < 1.29 is 23.6 Å². The summed E-state index contributed by atoms with van der Waals surface area (Å²) in [6.45, 7) is 1.89. The van der Waals surface area contributed by atoms with Gasteiger partial charge in [-0.15, -0.1) is 0 Å². The zero-order chi connectivity index (χ0) is 25.4. The fourth-order valence-corrected chi connectivity index (χ4v) is 4.18. The van der Waals surface area contributed by atoms with Crippen molar-refractivity contribution in [3.63, 3.8) is 0 Å². The number of hydrogen-bond acceptors (Lipinski definition) is 7. The molecule has 37 heavy (non-hydrogen) atoms. The molecule has 182 valence electrons. The van der Waals surface area contributed by atoms with E-state index in [4.69, 9.17) is 14.0 Å². The number of hydrogen-bond donors (Lipinski definition) is 2. The Balaban J connectivity index is 1.31.